The maximum absolute atomic E-state index is 9.69. The zero-order chi connectivity index (χ0) is 13.1. The van der Waals surface area contributed by atoms with Crippen LogP contribution in [0.2, 0.25) is 0 Å². The van der Waals surface area contributed by atoms with Crippen LogP contribution in [0.4, 0.5) is 0 Å². The molecule has 0 aliphatic heterocycles. The highest BCUT2D eigenvalue weighted by Gasteiger charge is 2.13. The summed E-state index contributed by atoms with van der Waals surface area (Å²) < 4.78 is 1.90. The zero-order valence-electron chi connectivity index (χ0n) is 10.3. The van der Waals surface area contributed by atoms with Gasteiger partial charge in [0.2, 0.25) is 0 Å². The van der Waals surface area contributed by atoms with Crippen molar-refractivity contribution in [2.75, 3.05) is 0 Å². The number of phenols is 2. The van der Waals surface area contributed by atoms with Gasteiger partial charge >= 0.3 is 0 Å². The molecule has 2 N–H and O–H groups in total. The molecule has 0 aliphatic rings. The van der Waals surface area contributed by atoms with Crippen LogP contribution in [0.25, 0.3) is 12.2 Å². The molecule has 1 aromatic heterocycles. The summed E-state index contributed by atoms with van der Waals surface area (Å²) in [4.78, 5) is 0. The SMILES string of the molecule is CC[n+]1nc(C)sc1/C=C/c1cccc(O)c1O. The largest absolute Gasteiger partial charge is 0.504 e. The molecule has 0 saturated heterocycles. The molecule has 0 radical (unpaired) electrons. The molecule has 0 unspecified atom stereocenters. The van der Waals surface area contributed by atoms with E-state index in [2.05, 4.69) is 5.10 Å². The summed E-state index contributed by atoms with van der Waals surface area (Å²) in [5.74, 6) is -0.209. The van der Waals surface area contributed by atoms with Crippen LogP contribution in [0.5, 0.6) is 11.5 Å². The lowest BCUT2D eigenvalue weighted by Crippen LogP contribution is -2.36. The van der Waals surface area contributed by atoms with E-state index in [0.29, 0.717) is 5.56 Å². The number of hydrogen-bond acceptors (Lipinski definition) is 4. The first-order valence-electron chi connectivity index (χ1n) is 5.68. The highest BCUT2D eigenvalue weighted by atomic mass is 32.1. The minimum atomic E-state index is -0.110. The molecule has 5 heteroatoms. The van der Waals surface area contributed by atoms with Gasteiger partial charge in [0, 0.05) is 16.7 Å². The fraction of sp³-hybridized carbons (Fsp3) is 0.231. The van der Waals surface area contributed by atoms with E-state index in [4.69, 9.17) is 0 Å². The number of rotatable bonds is 3. The van der Waals surface area contributed by atoms with Gasteiger partial charge in [-0.15, -0.1) is 0 Å². The topological polar surface area (TPSA) is 57.2 Å². The molecule has 2 aromatic rings. The molecule has 18 heavy (non-hydrogen) atoms. The first-order valence-corrected chi connectivity index (χ1v) is 6.50. The predicted octanol–water partition coefficient (Wildman–Crippen LogP) is 2.34. The minimum absolute atomic E-state index is 0.0990. The Kier molecular flexibility index (Phi) is 3.62. The van der Waals surface area contributed by atoms with Gasteiger partial charge in [-0.05, 0) is 37.3 Å². The molecule has 0 saturated carbocycles. The Hall–Kier alpha value is -1.88. The second-order valence-electron chi connectivity index (χ2n) is 3.82. The van der Waals surface area contributed by atoms with E-state index >= 15 is 0 Å². The number of aromatic hydroxyl groups is 2. The molecule has 4 nitrogen and oxygen atoms in total. The summed E-state index contributed by atoms with van der Waals surface area (Å²) >= 11 is 1.59. The molecule has 0 spiro atoms. The Morgan fingerprint density at radius 1 is 1.33 bits per heavy atom. The van der Waals surface area contributed by atoms with Gasteiger partial charge in [-0.3, -0.25) is 0 Å². The molecular formula is C13H15N2O2S+. The van der Waals surface area contributed by atoms with Crippen LogP contribution in [-0.4, -0.2) is 15.3 Å². The second-order valence-corrected chi connectivity index (χ2v) is 5.04. The molecule has 1 heterocycles. The molecule has 0 atom stereocenters. The van der Waals surface area contributed by atoms with Crippen LogP contribution in [0.3, 0.4) is 0 Å². The molecule has 0 amide bonds. The molecular weight excluding hydrogens is 248 g/mol. The summed E-state index contributed by atoms with van der Waals surface area (Å²) in [6.07, 6.45) is 3.66. The van der Waals surface area contributed by atoms with Crippen molar-refractivity contribution < 1.29 is 14.9 Å². The fourth-order valence-electron chi connectivity index (χ4n) is 1.63. The third-order valence-corrected chi connectivity index (χ3v) is 3.45. The number of hydrogen-bond donors (Lipinski definition) is 2. The Morgan fingerprint density at radius 3 is 2.83 bits per heavy atom. The van der Waals surface area contributed by atoms with E-state index < -0.39 is 0 Å². The summed E-state index contributed by atoms with van der Waals surface area (Å²) in [6.45, 7) is 4.79. The van der Waals surface area contributed by atoms with E-state index in [0.717, 1.165) is 16.6 Å². The van der Waals surface area contributed by atoms with Crippen LogP contribution < -0.4 is 4.68 Å². The minimum Gasteiger partial charge on any atom is -0.504 e. The number of aromatic nitrogens is 2. The van der Waals surface area contributed by atoms with Crippen molar-refractivity contribution in [3.05, 3.63) is 33.8 Å². The van der Waals surface area contributed by atoms with Gasteiger partial charge in [0.1, 0.15) is 0 Å². The Morgan fingerprint density at radius 2 is 2.11 bits per heavy atom. The van der Waals surface area contributed by atoms with E-state index in [1.807, 2.05) is 24.6 Å². The lowest BCUT2D eigenvalue weighted by atomic mass is 10.2. The van der Waals surface area contributed by atoms with E-state index in [1.165, 1.54) is 6.07 Å². The maximum Gasteiger partial charge on any atom is 0.289 e. The number of para-hydroxylation sites is 1. The number of aryl methyl sites for hydroxylation is 2. The summed E-state index contributed by atoms with van der Waals surface area (Å²) in [5, 5.41) is 25.5. The number of benzene rings is 1. The molecule has 2 rings (SSSR count). The van der Waals surface area contributed by atoms with Gasteiger partial charge in [0.25, 0.3) is 5.01 Å². The lowest BCUT2D eigenvalue weighted by molar-refractivity contribution is -0.747. The van der Waals surface area contributed by atoms with Crippen molar-refractivity contribution >= 4 is 23.5 Å². The summed E-state index contributed by atoms with van der Waals surface area (Å²) in [7, 11) is 0. The van der Waals surface area contributed by atoms with Crippen molar-refractivity contribution in [2.24, 2.45) is 0 Å². The zero-order valence-corrected chi connectivity index (χ0v) is 11.1. The highest BCUT2D eigenvalue weighted by molar-refractivity contribution is 7.11. The first kappa shape index (κ1) is 12.6. The Bertz CT molecular complexity index is 591. The first-order chi connectivity index (χ1) is 8.61. The van der Waals surface area contributed by atoms with Crippen molar-refractivity contribution in [1.82, 2.24) is 5.10 Å². The summed E-state index contributed by atoms with van der Waals surface area (Å²) in [5.41, 5.74) is 0.587. The van der Waals surface area contributed by atoms with Gasteiger partial charge in [0.05, 0.1) is 0 Å². The standard InChI is InChI=1S/C13H14N2O2S/c1-3-15-12(18-9(2)14-15)8-7-10-5-4-6-11(16)13(10)17/h4-8,16H,3H2,1-2H3/p+1. The highest BCUT2D eigenvalue weighted by Crippen LogP contribution is 2.29. The summed E-state index contributed by atoms with van der Waals surface area (Å²) in [6, 6.07) is 4.89. The van der Waals surface area contributed by atoms with Gasteiger partial charge in [-0.1, -0.05) is 16.8 Å². The van der Waals surface area contributed by atoms with Gasteiger partial charge in [0.15, 0.2) is 23.1 Å². The van der Waals surface area contributed by atoms with Crippen LogP contribution in [0, 0.1) is 6.92 Å². The van der Waals surface area contributed by atoms with Crippen molar-refractivity contribution in [3.63, 3.8) is 0 Å². The van der Waals surface area contributed by atoms with Crippen LogP contribution in [0.15, 0.2) is 18.2 Å². The Labute approximate surface area is 109 Å². The van der Waals surface area contributed by atoms with Crippen LogP contribution >= 0.6 is 11.3 Å². The predicted molar refractivity (Wildman–Crippen MR) is 71.4 cm³/mol. The second kappa shape index (κ2) is 5.18. The quantitative estimate of drug-likeness (QED) is 0.660. The third kappa shape index (κ3) is 2.51. The number of phenolic OH excluding ortho intramolecular Hbond substituents is 2. The molecule has 94 valence electrons. The van der Waals surface area contributed by atoms with E-state index in [9.17, 15) is 10.2 Å². The molecule has 1 aromatic carbocycles. The van der Waals surface area contributed by atoms with Gasteiger partial charge < -0.3 is 10.2 Å². The van der Waals surface area contributed by atoms with Crippen molar-refractivity contribution in [3.8, 4) is 11.5 Å². The fourth-order valence-corrected chi connectivity index (χ4v) is 2.49. The van der Waals surface area contributed by atoms with Gasteiger partial charge in [-0.2, -0.15) is 0 Å². The van der Waals surface area contributed by atoms with Crippen molar-refractivity contribution in [2.45, 2.75) is 20.4 Å². The third-order valence-electron chi connectivity index (χ3n) is 2.52. The van der Waals surface area contributed by atoms with Gasteiger partial charge in [-0.25, -0.2) is 0 Å². The lowest BCUT2D eigenvalue weighted by Gasteiger charge is -1.99. The molecule has 0 fully saturated rings. The number of nitrogens with zero attached hydrogens (tertiary/aromatic N) is 2. The normalized spacial score (nSPS) is 11.2. The van der Waals surface area contributed by atoms with Crippen molar-refractivity contribution in [1.29, 1.82) is 0 Å². The Balaban J connectivity index is 2.32. The van der Waals surface area contributed by atoms with E-state index in [-0.39, 0.29) is 11.5 Å². The smallest absolute Gasteiger partial charge is 0.289 e. The van der Waals surface area contributed by atoms with Crippen LogP contribution in [0.1, 0.15) is 22.5 Å². The average molecular weight is 263 g/mol. The average Bonchev–Trinajstić information content (AvgIpc) is 2.71. The maximum atomic E-state index is 9.69. The van der Waals surface area contributed by atoms with Crippen LogP contribution in [-0.2, 0) is 6.54 Å². The van der Waals surface area contributed by atoms with E-state index in [1.54, 1.807) is 29.5 Å². The molecule has 0 aliphatic carbocycles. The molecule has 0 bridgehead atoms. The monoisotopic (exact) mass is 263 g/mol.